The highest BCUT2D eigenvalue weighted by atomic mass is 16.6. The molecule has 10 heteroatoms. The van der Waals surface area contributed by atoms with Crippen LogP contribution in [0.25, 0.3) is 11.1 Å². The van der Waals surface area contributed by atoms with Gasteiger partial charge in [-0.05, 0) is 49.2 Å². The standard InChI is InChI=1S/C20H23N7O3/c1-12-8-15(16-5-7-19(23-9-16)26-25-13(2)24-21)4-6-18(12)27-11-17(30-20(27)29)10-22-14(3)28/h4-9,17H,10-11,21H2,1-3H3,(H,22,28)/b24-13-,26-25?/t17-/m0/s1. The van der Waals surface area contributed by atoms with Crippen molar-refractivity contribution in [2.45, 2.75) is 26.9 Å². The van der Waals surface area contributed by atoms with Crippen molar-refractivity contribution in [2.24, 2.45) is 21.2 Å². The molecule has 1 aromatic heterocycles. The van der Waals surface area contributed by atoms with Crippen molar-refractivity contribution in [3.63, 3.8) is 0 Å². The fourth-order valence-electron chi connectivity index (χ4n) is 2.99. The fourth-order valence-corrected chi connectivity index (χ4v) is 2.99. The van der Waals surface area contributed by atoms with Crippen molar-refractivity contribution in [3.05, 3.63) is 42.1 Å². The van der Waals surface area contributed by atoms with Crippen LogP contribution in [0.2, 0.25) is 0 Å². The van der Waals surface area contributed by atoms with Crippen LogP contribution in [-0.4, -0.2) is 42.0 Å². The summed E-state index contributed by atoms with van der Waals surface area (Å²) in [7, 11) is 0. The number of hydrogen-bond acceptors (Lipinski definition) is 7. The molecule has 0 aliphatic carbocycles. The van der Waals surface area contributed by atoms with E-state index in [1.807, 2.05) is 31.2 Å². The number of azo groups is 1. The van der Waals surface area contributed by atoms with Gasteiger partial charge in [0, 0.05) is 18.7 Å². The van der Waals surface area contributed by atoms with Crippen LogP contribution in [0.15, 0.2) is 51.9 Å². The van der Waals surface area contributed by atoms with Gasteiger partial charge in [0.2, 0.25) is 5.91 Å². The lowest BCUT2D eigenvalue weighted by Crippen LogP contribution is -2.33. The van der Waals surface area contributed by atoms with Gasteiger partial charge in [-0.2, -0.15) is 5.10 Å². The highest BCUT2D eigenvalue weighted by molar-refractivity contribution is 5.91. The predicted octanol–water partition coefficient (Wildman–Crippen LogP) is 2.89. The van der Waals surface area contributed by atoms with Crippen molar-refractivity contribution in [1.29, 1.82) is 0 Å². The van der Waals surface area contributed by atoms with Crippen LogP contribution in [0.3, 0.4) is 0 Å². The molecule has 1 aromatic carbocycles. The number of amidine groups is 1. The lowest BCUT2D eigenvalue weighted by atomic mass is 10.0. The summed E-state index contributed by atoms with van der Waals surface area (Å²) in [6.45, 7) is 5.67. The molecule has 30 heavy (non-hydrogen) atoms. The minimum atomic E-state index is -0.422. The summed E-state index contributed by atoms with van der Waals surface area (Å²) in [4.78, 5) is 29.2. The number of pyridine rings is 1. The van der Waals surface area contributed by atoms with E-state index in [4.69, 9.17) is 10.6 Å². The van der Waals surface area contributed by atoms with Crippen LogP contribution in [-0.2, 0) is 9.53 Å². The number of nitrogens with one attached hydrogen (secondary N) is 1. The van der Waals surface area contributed by atoms with Gasteiger partial charge < -0.3 is 15.9 Å². The van der Waals surface area contributed by atoms with E-state index in [1.165, 1.54) is 6.92 Å². The fraction of sp³-hybridized carbons (Fsp3) is 0.300. The van der Waals surface area contributed by atoms with E-state index in [0.29, 0.717) is 24.7 Å². The van der Waals surface area contributed by atoms with Crippen LogP contribution in [0, 0.1) is 6.92 Å². The Hall–Kier alpha value is -3.82. The number of nitrogens with zero attached hydrogens (tertiary/aromatic N) is 5. The number of carbonyl (C=O) groups excluding carboxylic acids is 2. The Morgan fingerprint density at radius 3 is 2.70 bits per heavy atom. The average molecular weight is 409 g/mol. The van der Waals surface area contributed by atoms with E-state index in [-0.39, 0.29) is 12.0 Å². The number of amides is 2. The number of cyclic esters (lactones) is 1. The highest BCUT2D eigenvalue weighted by Crippen LogP contribution is 2.30. The number of aryl methyl sites for hydroxylation is 1. The van der Waals surface area contributed by atoms with Gasteiger partial charge in [-0.15, -0.1) is 10.2 Å². The van der Waals surface area contributed by atoms with Gasteiger partial charge >= 0.3 is 6.09 Å². The molecule has 2 amide bonds. The molecular formula is C20H23N7O3. The van der Waals surface area contributed by atoms with E-state index in [2.05, 4.69) is 25.6 Å². The predicted molar refractivity (Wildman–Crippen MR) is 113 cm³/mol. The molecule has 1 atom stereocenters. The molecule has 3 N–H and O–H groups in total. The second-order valence-electron chi connectivity index (χ2n) is 6.84. The van der Waals surface area contributed by atoms with Crippen LogP contribution < -0.4 is 16.1 Å². The number of anilines is 1. The maximum atomic E-state index is 12.3. The minimum absolute atomic E-state index is 0.159. The summed E-state index contributed by atoms with van der Waals surface area (Å²) in [5, 5.41) is 13.9. The summed E-state index contributed by atoms with van der Waals surface area (Å²) in [6, 6.07) is 9.41. The van der Waals surface area contributed by atoms with Gasteiger partial charge in [0.15, 0.2) is 11.7 Å². The second kappa shape index (κ2) is 9.12. The number of hydrogen-bond donors (Lipinski definition) is 2. The summed E-state index contributed by atoms with van der Waals surface area (Å²) in [5.74, 6) is 5.76. The molecule has 0 unspecified atom stereocenters. The zero-order valence-corrected chi connectivity index (χ0v) is 17.0. The number of rotatable bonds is 5. The maximum absolute atomic E-state index is 12.3. The number of hydrazone groups is 1. The van der Waals surface area contributed by atoms with E-state index >= 15 is 0 Å². The first kappa shape index (κ1) is 20.9. The Kier molecular flexibility index (Phi) is 6.35. The van der Waals surface area contributed by atoms with E-state index in [0.717, 1.165) is 22.4 Å². The van der Waals surface area contributed by atoms with E-state index < -0.39 is 6.09 Å². The van der Waals surface area contributed by atoms with Gasteiger partial charge in [0.1, 0.15) is 6.10 Å². The van der Waals surface area contributed by atoms with Crippen molar-refractivity contribution in [2.75, 3.05) is 18.0 Å². The largest absolute Gasteiger partial charge is 0.442 e. The first-order chi connectivity index (χ1) is 14.4. The lowest BCUT2D eigenvalue weighted by Gasteiger charge is -2.17. The third-order valence-corrected chi connectivity index (χ3v) is 4.51. The highest BCUT2D eigenvalue weighted by Gasteiger charge is 2.33. The smallest absolute Gasteiger partial charge is 0.414 e. The molecule has 156 valence electrons. The number of aromatic nitrogens is 1. The van der Waals surface area contributed by atoms with Crippen molar-refractivity contribution in [1.82, 2.24) is 10.3 Å². The summed E-state index contributed by atoms with van der Waals surface area (Å²) >= 11 is 0. The van der Waals surface area contributed by atoms with Crippen LogP contribution in [0.5, 0.6) is 0 Å². The molecule has 10 nitrogen and oxygen atoms in total. The van der Waals surface area contributed by atoms with Crippen LogP contribution in [0.1, 0.15) is 19.4 Å². The Morgan fingerprint density at radius 1 is 1.30 bits per heavy atom. The minimum Gasteiger partial charge on any atom is -0.442 e. The molecule has 2 aromatic rings. The SMILES string of the molecule is CC(=O)NC[C@H]1CN(c2ccc(-c3ccc(N=N/C(C)=N\N)nc3)cc2C)C(=O)O1. The molecule has 1 aliphatic rings. The van der Waals surface area contributed by atoms with Crippen LogP contribution in [0.4, 0.5) is 16.3 Å². The average Bonchev–Trinajstić information content (AvgIpc) is 3.11. The Balaban J connectivity index is 1.73. The normalized spacial score (nSPS) is 16.8. The summed E-state index contributed by atoms with van der Waals surface area (Å²) in [6.07, 6.45) is 0.902. The summed E-state index contributed by atoms with van der Waals surface area (Å²) in [5.41, 5.74) is 3.54. The van der Waals surface area contributed by atoms with Gasteiger partial charge in [0.05, 0.1) is 18.8 Å². The lowest BCUT2D eigenvalue weighted by molar-refractivity contribution is -0.119. The van der Waals surface area contributed by atoms with Crippen molar-refractivity contribution >= 4 is 29.3 Å². The third-order valence-electron chi connectivity index (χ3n) is 4.51. The quantitative estimate of drug-likeness (QED) is 0.257. The molecule has 0 radical (unpaired) electrons. The van der Waals surface area contributed by atoms with Gasteiger partial charge in [-0.3, -0.25) is 9.69 Å². The first-order valence-corrected chi connectivity index (χ1v) is 9.33. The summed E-state index contributed by atoms with van der Waals surface area (Å²) < 4.78 is 5.34. The molecule has 0 saturated carbocycles. The molecule has 0 spiro atoms. The number of benzene rings is 1. The van der Waals surface area contributed by atoms with E-state index in [9.17, 15) is 9.59 Å². The van der Waals surface area contributed by atoms with Crippen molar-refractivity contribution in [3.8, 4) is 11.1 Å². The Morgan fingerprint density at radius 2 is 2.07 bits per heavy atom. The van der Waals surface area contributed by atoms with Crippen molar-refractivity contribution < 1.29 is 14.3 Å². The van der Waals surface area contributed by atoms with Crippen LogP contribution >= 0.6 is 0 Å². The number of ether oxygens (including phenoxy) is 1. The maximum Gasteiger partial charge on any atom is 0.414 e. The second-order valence-corrected chi connectivity index (χ2v) is 6.84. The van der Waals surface area contributed by atoms with Gasteiger partial charge in [0.25, 0.3) is 0 Å². The molecule has 1 saturated heterocycles. The van der Waals surface area contributed by atoms with Gasteiger partial charge in [-0.1, -0.05) is 6.07 Å². The Bertz CT molecular complexity index is 1000. The molecule has 1 fully saturated rings. The molecule has 0 bridgehead atoms. The number of nitrogens with two attached hydrogens (primary N) is 1. The van der Waals surface area contributed by atoms with Gasteiger partial charge in [-0.25, -0.2) is 9.78 Å². The number of carbonyl (C=O) groups is 2. The molecular weight excluding hydrogens is 386 g/mol. The Labute approximate surface area is 173 Å². The first-order valence-electron chi connectivity index (χ1n) is 9.33. The topological polar surface area (TPSA) is 135 Å². The molecule has 3 rings (SSSR count). The zero-order valence-electron chi connectivity index (χ0n) is 17.0. The molecule has 2 heterocycles. The zero-order chi connectivity index (χ0) is 21.7. The molecule has 1 aliphatic heterocycles. The monoisotopic (exact) mass is 409 g/mol. The van der Waals surface area contributed by atoms with E-state index in [1.54, 1.807) is 24.1 Å². The third kappa shape index (κ3) is 4.96.